The summed E-state index contributed by atoms with van der Waals surface area (Å²) in [5.41, 5.74) is 2.65. The fraction of sp³-hybridized carbons (Fsp3) is 0.857. The molecule has 5 rings (SSSR count). The Kier molecular flexibility index (Phi) is 3.00. The number of rotatable bonds is 0. The largest absolute Gasteiger partial charge is 0.390 e. The predicted octanol–water partition coefficient (Wildman–Crippen LogP) is 4.38. The number of aromatic nitrogens is 1. The smallest absolute Gasteiger partial charge is 0.127 e. The Morgan fingerprint density at radius 1 is 1.08 bits per heavy atom. The van der Waals surface area contributed by atoms with E-state index in [1.54, 1.807) is 0 Å². The SMILES string of the molecule is C[C@]12Cc3conc3C[C@@H]1CC[C@H]1[C@H]3CC[C@](C)(O)[C@@]3(C)CC[C@@H]12. The van der Waals surface area contributed by atoms with Gasteiger partial charge >= 0.3 is 0 Å². The first-order chi connectivity index (χ1) is 11.4. The van der Waals surface area contributed by atoms with Crippen molar-refractivity contribution in [1.82, 2.24) is 5.16 Å². The molecular formula is C21H31NO2. The third-order valence-electron chi connectivity index (χ3n) is 9.37. The third kappa shape index (κ3) is 1.75. The van der Waals surface area contributed by atoms with Gasteiger partial charge in [0.15, 0.2) is 0 Å². The quantitative estimate of drug-likeness (QED) is 0.768. The fourth-order valence-corrected chi connectivity index (χ4v) is 7.63. The van der Waals surface area contributed by atoms with E-state index < -0.39 is 5.60 Å². The van der Waals surface area contributed by atoms with Crippen molar-refractivity contribution >= 4 is 0 Å². The van der Waals surface area contributed by atoms with E-state index in [0.717, 1.165) is 37.0 Å². The van der Waals surface area contributed by atoms with Crippen molar-refractivity contribution < 1.29 is 9.63 Å². The molecule has 3 fully saturated rings. The maximum Gasteiger partial charge on any atom is 0.127 e. The monoisotopic (exact) mass is 329 g/mol. The molecule has 1 N–H and O–H groups in total. The van der Waals surface area contributed by atoms with Gasteiger partial charge in [0.1, 0.15) is 6.26 Å². The average Bonchev–Trinajstić information content (AvgIpc) is 3.06. The van der Waals surface area contributed by atoms with Gasteiger partial charge < -0.3 is 9.63 Å². The second-order valence-corrected chi connectivity index (χ2v) is 10.1. The Labute approximate surface area is 145 Å². The second-order valence-electron chi connectivity index (χ2n) is 10.1. The van der Waals surface area contributed by atoms with E-state index in [1.165, 1.54) is 43.4 Å². The Bertz CT molecular complexity index is 665. The molecule has 132 valence electrons. The van der Waals surface area contributed by atoms with Gasteiger partial charge in [0.05, 0.1) is 11.3 Å². The van der Waals surface area contributed by atoms with Crippen LogP contribution < -0.4 is 0 Å². The molecule has 0 unspecified atom stereocenters. The van der Waals surface area contributed by atoms with E-state index in [9.17, 15) is 5.11 Å². The normalized spacial score (nSPS) is 53.0. The molecule has 24 heavy (non-hydrogen) atoms. The van der Waals surface area contributed by atoms with Crippen LogP contribution >= 0.6 is 0 Å². The lowest BCUT2D eigenvalue weighted by molar-refractivity contribution is -0.139. The van der Waals surface area contributed by atoms with Gasteiger partial charge in [-0.15, -0.1) is 0 Å². The van der Waals surface area contributed by atoms with E-state index in [2.05, 4.69) is 25.9 Å². The van der Waals surface area contributed by atoms with Crippen LogP contribution in [0.15, 0.2) is 10.8 Å². The highest BCUT2D eigenvalue weighted by Crippen LogP contribution is 2.67. The van der Waals surface area contributed by atoms with Crippen LogP contribution in [0.5, 0.6) is 0 Å². The number of hydrogen-bond donors (Lipinski definition) is 1. The van der Waals surface area contributed by atoms with Crippen LogP contribution in [-0.4, -0.2) is 15.9 Å². The van der Waals surface area contributed by atoms with Crippen LogP contribution in [-0.2, 0) is 12.8 Å². The number of hydrogen-bond acceptors (Lipinski definition) is 3. The molecule has 0 spiro atoms. The van der Waals surface area contributed by atoms with Gasteiger partial charge in [-0.2, -0.15) is 0 Å². The average molecular weight is 329 g/mol. The van der Waals surface area contributed by atoms with Crippen LogP contribution in [0, 0.1) is 34.5 Å². The van der Waals surface area contributed by atoms with Crippen molar-refractivity contribution in [2.24, 2.45) is 34.5 Å². The van der Waals surface area contributed by atoms with Gasteiger partial charge in [0.25, 0.3) is 0 Å². The number of fused-ring (bicyclic) bond motifs is 6. The molecule has 0 aromatic carbocycles. The molecule has 1 heterocycles. The molecule has 3 heteroatoms. The van der Waals surface area contributed by atoms with Crippen LogP contribution in [0.4, 0.5) is 0 Å². The van der Waals surface area contributed by atoms with E-state index in [-0.39, 0.29) is 5.41 Å². The van der Waals surface area contributed by atoms with Gasteiger partial charge in [-0.25, -0.2) is 0 Å². The van der Waals surface area contributed by atoms with Crippen molar-refractivity contribution in [2.75, 3.05) is 0 Å². The van der Waals surface area contributed by atoms with E-state index in [4.69, 9.17) is 4.52 Å². The number of aliphatic hydroxyl groups is 1. The Balaban J connectivity index is 1.50. The van der Waals surface area contributed by atoms with Crippen molar-refractivity contribution in [1.29, 1.82) is 0 Å². The summed E-state index contributed by atoms with van der Waals surface area (Å²) in [5, 5.41) is 15.3. The lowest BCUT2D eigenvalue weighted by atomic mass is 9.44. The molecule has 3 saturated carbocycles. The van der Waals surface area contributed by atoms with Crippen molar-refractivity contribution in [3.05, 3.63) is 17.5 Å². The molecular weight excluding hydrogens is 298 g/mol. The summed E-state index contributed by atoms with van der Waals surface area (Å²) in [4.78, 5) is 0. The van der Waals surface area contributed by atoms with Crippen molar-refractivity contribution in [2.45, 2.75) is 77.7 Å². The van der Waals surface area contributed by atoms with Gasteiger partial charge in [-0.05, 0) is 92.8 Å². The minimum absolute atomic E-state index is 0.133. The van der Waals surface area contributed by atoms with Gasteiger partial charge in [-0.1, -0.05) is 19.0 Å². The first kappa shape index (κ1) is 15.4. The molecule has 1 aromatic heterocycles. The Morgan fingerprint density at radius 3 is 2.71 bits per heavy atom. The summed E-state index contributed by atoms with van der Waals surface area (Å²) in [6.07, 6.45) is 11.6. The number of nitrogens with zero attached hydrogens (tertiary/aromatic N) is 1. The molecule has 1 aromatic rings. The fourth-order valence-electron chi connectivity index (χ4n) is 7.63. The summed E-state index contributed by atoms with van der Waals surface area (Å²) in [6.45, 7) is 7.04. The highest BCUT2D eigenvalue weighted by atomic mass is 16.5. The van der Waals surface area contributed by atoms with E-state index in [0.29, 0.717) is 11.3 Å². The highest BCUT2D eigenvalue weighted by Gasteiger charge is 2.63. The minimum atomic E-state index is -0.464. The first-order valence-electron chi connectivity index (χ1n) is 10.00. The molecule has 4 aliphatic carbocycles. The van der Waals surface area contributed by atoms with Crippen LogP contribution in [0.1, 0.15) is 70.6 Å². The van der Waals surface area contributed by atoms with E-state index >= 15 is 0 Å². The summed E-state index contributed by atoms with van der Waals surface area (Å²) < 4.78 is 5.28. The topological polar surface area (TPSA) is 46.3 Å². The second kappa shape index (κ2) is 4.66. The minimum Gasteiger partial charge on any atom is -0.390 e. The zero-order valence-electron chi connectivity index (χ0n) is 15.3. The van der Waals surface area contributed by atoms with Gasteiger partial charge in [0.2, 0.25) is 0 Å². The Morgan fingerprint density at radius 2 is 1.88 bits per heavy atom. The maximum absolute atomic E-state index is 11.0. The summed E-state index contributed by atoms with van der Waals surface area (Å²) in [5.74, 6) is 3.10. The molecule has 0 saturated heterocycles. The summed E-state index contributed by atoms with van der Waals surface area (Å²) in [7, 11) is 0. The van der Waals surface area contributed by atoms with Gasteiger partial charge in [0, 0.05) is 5.56 Å². The molecule has 7 atom stereocenters. The van der Waals surface area contributed by atoms with Crippen molar-refractivity contribution in [3.63, 3.8) is 0 Å². The molecule has 4 aliphatic rings. The summed E-state index contributed by atoms with van der Waals surface area (Å²) >= 11 is 0. The molecule has 3 nitrogen and oxygen atoms in total. The van der Waals surface area contributed by atoms with Crippen LogP contribution in [0.3, 0.4) is 0 Å². The van der Waals surface area contributed by atoms with Crippen molar-refractivity contribution in [3.8, 4) is 0 Å². The standard InChI is InChI=1S/C21H31NO2/c1-19-11-13-12-24-22-18(13)10-14(19)4-5-15-16(19)6-8-20(2)17(15)7-9-21(20,3)23/h12,14-17,23H,4-11H2,1-3H3/t14-,15+,16-,17+,19-,20-,21-/m0/s1. The summed E-state index contributed by atoms with van der Waals surface area (Å²) in [6, 6.07) is 0. The van der Waals surface area contributed by atoms with Gasteiger partial charge in [-0.3, -0.25) is 0 Å². The predicted molar refractivity (Wildman–Crippen MR) is 92.4 cm³/mol. The lowest BCUT2D eigenvalue weighted by Gasteiger charge is -2.60. The molecule has 0 amide bonds. The lowest BCUT2D eigenvalue weighted by Crippen LogP contribution is -2.56. The Hall–Kier alpha value is -0.830. The molecule has 0 radical (unpaired) electrons. The third-order valence-corrected chi connectivity index (χ3v) is 9.37. The van der Waals surface area contributed by atoms with Crippen LogP contribution in [0.2, 0.25) is 0 Å². The van der Waals surface area contributed by atoms with E-state index in [1.807, 2.05) is 6.26 Å². The molecule has 0 bridgehead atoms. The maximum atomic E-state index is 11.0. The molecule has 0 aliphatic heterocycles. The first-order valence-corrected chi connectivity index (χ1v) is 10.00. The zero-order chi connectivity index (χ0) is 16.7. The zero-order valence-corrected chi connectivity index (χ0v) is 15.3. The highest BCUT2D eigenvalue weighted by molar-refractivity contribution is 5.25. The van der Waals surface area contributed by atoms with Crippen LogP contribution in [0.25, 0.3) is 0 Å².